The van der Waals surface area contributed by atoms with Crippen LogP contribution in [0.25, 0.3) is 0 Å². The summed E-state index contributed by atoms with van der Waals surface area (Å²) < 4.78 is 10.1. The van der Waals surface area contributed by atoms with E-state index in [0.29, 0.717) is 0 Å². The highest BCUT2D eigenvalue weighted by Crippen LogP contribution is 2.06. The van der Waals surface area contributed by atoms with Crippen molar-refractivity contribution >= 4 is 18.0 Å². The molecule has 0 aromatic heterocycles. The lowest BCUT2D eigenvalue weighted by Gasteiger charge is -2.14. The fraction of sp³-hybridized carbons (Fsp3) is 0.250. The summed E-state index contributed by atoms with van der Waals surface area (Å²) in [5, 5.41) is 2.31. The highest BCUT2D eigenvalue weighted by Gasteiger charge is 2.21. The topological polar surface area (TPSA) is 106 Å². The predicted molar refractivity (Wildman–Crippen MR) is 97.1 cm³/mol. The Bertz CT molecular complexity index is 749. The molecular formula is C20H21N2O5. The van der Waals surface area contributed by atoms with Crippen LogP contribution in [-0.2, 0) is 32.3 Å². The van der Waals surface area contributed by atoms with Crippen molar-refractivity contribution in [1.82, 2.24) is 11.1 Å². The number of nitrogens with one attached hydrogen (secondary N) is 2. The van der Waals surface area contributed by atoms with Gasteiger partial charge in [-0.2, -0.15) is 0 Å². The lowest BCUT2D eigenvalue weighted by Crippen LogP contribution is -2.42. The van der Waals surface area contributed by atoms with Gasteiger partial charge in [-0.15, -0.1) is 0 Å². The normalized spacial score (nSPS) is 11.3. The Morgan fingerprint density at radius 3 is 1.89 bits per heavy atom. The van der Waals surface area contributed by atoms with Crippen LogP contribution in [0.15, 0.2) is 60.7 Å². The van der Waals surface area contributed by atoms with Crippen LogP contribution in [0, 0.1) is 0 Å². The van der Waals surface area contributed by atoms with E-state index in [1.807, 2.05) is 48.5 Å². The van der Waals surface area contributed by atoms with E-state index in [2.05, 4.69) is 5.32 Å². The number of alkyl carbamates (subject to hydrolysis) is 1. The minimum absolute atomic E-state index is 0.0314. The summed E-state index contributed by atoms with van der Waals surface area (Å²) in [4.78, 5) is 35.0. The second-order valence-electron chi connectivity index (χ2n) is 5.81. The van der Waals surface area contributed by atoms with Crippen LogP contribution in [-0.4, -0.2) is 24.0 Å². The molecule has 0 aliphatic rings. The van der Waals surface area contributed by atoms with Gasteiger partial charge in [0.15, 0.2) is 0 Å². The first-order valence-electron chi connectivity index (χ1n) is 8.47. The van der Waals surface area contributed by atoms with Crippen LogP contribution in [0.4, 0.5) is 4.79 Å². The summed E-state index contributed by atoms with van der Waals surface area (Å²) >= 11 is 0. The van der Waals surface area contributed by atoms with Gasteiger partial charge in [0.2, 0.25) is 0 Å². The molecule has 0 saturated heterocycles. The standard InChI is InChI=1S/C20H21N2O5/c21-19(24)17(22-20(25)27-14-16-9-5-2-6-10-16)11-12-18(23)26-13-15-7-3-1-4-8-15/h1-10,17,21H,11-14H2,(H,22,25). The first kappa shape index (κ1) is 20.0. The zero-order valence-corrected chi connectivity index (χ0v) is 14.7. The SMILES string of the molecule is [NH]C(=O)C(CCC(=O)OCc1ccccc1)NC(=O)OCc1ccccc1. The van der Waals surface area contributed by atoms with E-state index >= 15 is 0 Å². The molecule has 2 rings (SSSR count). The monoisotopic (exact) mass is 369 g/mol. The van der Waals surface area contributed by atoms with E-state index in [-0.39, 0.29) is 26.1 Å². The first-order chi connectivity index (χ1) is 13.0. The third kappa shape index (κ3) is 7.60. The van der Waals surface area contributed by atoms with E-state index in [9.17, 15) is 14.4 Å². The van der Waals surface area contributed by atoms with Crippen LogP contribution in [0.2, 0.25) is 0 Å². The third-order valence-corrected chi connectivity index (χ3v) is 3.70. The summed E-state index contributed by atoms with van der Waals surface area (Å²) in [6.45, 7) is 0.177. The molecule has 0 spiro atoms. The molecule has 2 aromatic rings. The van der Waals surface area contributed by atoms with Gasteiger partial charge in [0.1, 0.15) is 19.3 Å². The molecule has 2 N–H and O–H groups in total. The fourth-order valence-corrected chi connectivity index (χ4v) is 2.25. The molecule has 141 valence electrons. The molecule has 7 nitrogen and oxygen atoms in total. The zero-order chi connectivity index (χ0) is 19.5. The number of benzene rings is 2. The van der Waals surface area contributed by atoms with Crippen LogP contribution >= 0.6 is 0 Å². The molecule has 0 fully saturated rings. The number of carbonyl (C=O) groups excluding carboxylic acids is 3. The van der Waals surface area contributed by atoms with Crippen LogP contribution < -0.4 is 11.1 Å². The van der Waals surface area contributed by atoms with Crippen LogP contribution in [0.1, 0.15) is 24.0 Å². The average molecular weight is 369 g/mol. The van der Waals surface area contributed by atoms with Gasteiger partial charge in [0.05, 0.1) is 0 Å². The number of amides is 2. The number of esters is 1. The van der Waals surface area contributed by atoms with Crippen molar-refractivity contribution in [1.29, 1.82) is 0 Å². The maximum atomic E-state index is 11.8. The van der Waals surface area contributed by atoms with Gasteiger partial charge in [0, 0.05) is 6.42 Å². The van der Waals surface area contributed by atoms with E-state index in [1.165, 1.54) is 0 Å². The summed E-state index contributed by atoms with van der Waals surface area (Å²) in [6.07, 6.45) is -0.945. The minimum Gasteiger partial charge on any atom is -0.461 e. The van der Waals surface area contributed by atoms with Crippen molar-refractivity contribution in [2.24, 2.45) is 0 Å². The van der Waals surface area contributed by atoms with E-state index in [4.69, 9.17) is 15.2 Å². The van der Waals surface area contributed by atoms with Gasteiger partial charge in [-0.3, -0.25) is 15.3 Å². The molecule has 0 aliphatic heterocycles. The Labute approximate surface area is 157 Å². The number of ether oxygens (including phenoxy) is 2. The molecule has 2 amide bonds. The molecule has 7 heteroatoms. The zero-order valence-electron chi connectivity index (χ0n) is 14.7. The second-order valence-corrected chi connectivity index (χ2v) is 5.81. The molecule has 0 aliphatic carbocycles. The van der Waals surface area contributed by atoms with Gasteiger partial charge in [-0.05, 0) is 17.5 Å². The molecule has 1 radical (unpaired) electrons. The first-order valence-corrected chi connectivity index (χ1v) is 8.47. The lowest BCUT2D eigenvalue weighted by atomic mass is 10.1. The summed E-state index contributed by atoms with van der Waals surface area (Å²) in [6, 6.07) is 17.1. The second kappa shape index (κ2) is 10.6. The van der Waals surface area contributed by atoms with E-state index in [0.717, 1.165) is 11.1 Å². The Kier molecular flexibility index (Phi) is 7.84. The quantitative estimate of drug-likeness (QED) is 0.684. The Hall–Kier alpha value is -3.35. The molecule has 1 atom stereocenters. The van der Waals surface area contributed by atoms with Crippen molar-refractivity contribution in [3.05, 3.63) is 71.8 Å². The van der Waals surface area contributed by atoms with Gasteiger partial charge >= 0.3 is 12.1 Å². The smallest absolute Gasteiger partial charge is 0.408 e. The molecule has 27 heavy (non-hydrogen) atoms. The molecular weight excluding hydrogens is 348 g/mol. The van der Waals surface area contributed by atoms with Gasteiger partial charge in [-0.25, -0.2) is 4.79 Å². The summed E-state index contributed by atoms with van der Waals surface area (Å²) in [5.41, 5.74) is 8.89. The van der Waals surface area contributed by atoms with Gasteiger partial charge in [0.25, 0.3) is 5.91 Å². The predicted octanol–water partition coefficient (Wildman–Crippen LogP) is 2.61. The Balaban J connectivity index is 1.73. The van der Waals surface area contributed by atoms with Crippen molar-refractivity contribution in [3.8, 4) is 0 Å². The summed E-state index contributed by atoms with van der Waals surface area (Å²) in [7, 11) is 0. The fourth-order valence-electron chi connectivity index (χ4n) is 2.25. The average Bonchev–Trinajstić information content (AvgIpc) is 2.69. The highest BCUT2D eigenvalue weighted by molar-refractivity contribution is 5.84. The molecule has 0 saturated carbocycles. The van der Waals surface area contributed by atoms with E-state index < -0.39 is 24.0 Å². The van der Waals surface area contributed by atoms with E-state index in [1.54, 1.807) is 12.1 Å². The molecule has 0 bridgehead atoms. The molecule has 2 aromatic carbocycles. The number of rotatable bonds is 9. The largest absolute Gasteiger partial charge is 0.461 e. The number of carbonyl (C=O) groups is 3. The Morgan fingerprint density at radius 2 is 1.37 bits per heavy atom. The van der Waals surface area contributed by atoms with Crippen molar-refractivity contribution < 1.29 is 23.9 Å². The van der Waals surface area contributed by atoms with Crippen molar-refractivity contribution in [2.75, 3.05) is 0 Å². The van der Waals surface area contributed by atoms with Crippen molar-refractivity contribution in [3.63, 3.8) is 0 Å². The maximum absolute atomic E-state index is 11.8. The van der Waals surface area contributed by atoms with Gasteiger partial charge in [-0.1, -0.05) is 60.7 Å². The van der Waals surface area contributed by atoms with Gasteiger partial charge < -0.3 is 14.8 Å². The molecule has 0 heterocycles. The minimum atomic E-state index is -1.13. The highest BCUT2D eigenvalue weighted by atomic mass is 16.5. The number of hydrogen-bond donors (Lipinski definition) is 1. The summed E-state index contributed by atoms with van der Waals surface area (Å²) in [5.74, 6) is -1.51. The third-order valence-electron chi connectivity index (χ3n) is 3.70. The van der Waals surface area contributed by atoms with Crippen LogP contribution in [0.3, 0.4) is 0 Å². The Morgan fingerprint density at radius 1 is 0.852 bits per heavy atom. The van der Waals surface area contributed by atoms with Crippen molar-refractivity contribution in [2.45, 2.75) is 32.1 Å². The maximum Gasteiger partial charge on any atom is 0.408 e. The van der Waals surface area contributed by atoms with Crippen LogP contribution in [0.5, 0.6) is 0 Å². The molecule has 1 unspecified atom stereocenters. The lowest BCUT2D eigenvalue weighted by molar-refractivity contribution is -0.145. The number of hydrogen-bond acceptors (Lipinski definition) is 5.